The lowest BCUT2D eigenvalue weighted by Gasteiger charge is -2.21. The van der Waals surface area contributed by atoms with Crippen LogP contribution in [0.15, 0.2) is 34.1 Å². The van der Waals surface area contributed by atoms with Gasteiger partial charge in [-0.2, -0.15) is 0 Å². The first-order valence-electron chi connectivity index (χ1n) is 5.95. The van der Waals surface area contributed by atoms with Gasteiger partial charge in [0.1, 0.15) is 5.01 Å². The molecular weight excluding hydrogens is 308 g/mol. The minimum atomic E-state index is 0.0511. The van der Waals surface area contributed by atoms with Gasteiger partial charge in [0.05, 0.1) is 5.69 Å². The third-order valence-corrected chi connectivity index (χ3v) is 4.42. The molecule has 0 atom stereocenters. The molecule has 0 saturated heterocycles. The highest BCUT2D eigenvalue weighted by Gasteiger charge is 2.23. The molecular formula is C14H17BrN2S. The second kappa shape index (κ2) is 5.51. The van der Waals surface area contributed by atoms with Crippen LogP contribution < -0.4 is 5.73 Å². The Kier molecular flexibility index (Phi) is 4.20. The van der Waals surface area contributed by atoms with Gasteiger partial charge in [0.15, 0.2) is 0 Å². The predicted molar refractivity (Wildman–Crippen MR) is 81.9 cm³/mol. The quantitative estimate of drug-likeness (QED) is 0.915. The van der Waals surface area contributed by atoms with Crippen molar-refractivity contribution in [1.29, 1.82) is 0 Å². The zero-order valence-electron chi connectivity index (χ0n) is 10.6. The van der Waals surface area contributed by atoms with Crippen molar-refractivity contribution in [1.82, 2.24) is 4.98 Å². The molecule has 0 radical (unpaired) electrons. The summed E-state index contributed by atoms with van der Waals surface area (Å²) in [7, 11) is 0. The largest absolute Gasteiger partial charge is 0.330 e. The highest BCUT2D eigenvalue weighted by molar-refractivity contribution is 9.10. The van der Waals surface area contributed by atoms with Gasteiger partial charge in [0.25, 0.3) is 0 Å². The Bertz CT molecular complexity index is 534. The Balaban J connectivity index is 2.31. The number of nitrogens with zero attached hydrogens (tertiary/aromatic N) is 1. The van der Waals surface area contributed by atoms with E-state index in [9.17, 15) is 0 Å². The van der Waals surface area contributed by atoms with E-state index in [1.807, 2.05) is 12.1 Å². The predicted octanol–water partition coefficient (Wildman–Crippen LogP) is 4.20. The molecule has 0 bridgehead atoms. The third-order valence-electron chi connectivity index (χ3n) is 3.04. The molecule has 0 fully saturated rings. The molecule has 1 aromatic heterocycles. The van der Waals surface area contributed by atoms with Crippen molar-refractivity contribution >= 4 is 27.3 Å². The number of hydrogen-bond donors (Lipinski definition) is 1. The van der Waals surface area contributed by atoms with Gasteiger partial charge >= 0.3 is 0 Å². The third kappa shape index (κ3) is 2.99. The van der Waals surface area contributed by atoms with Crippen molar-refractivity contribution in [3.05, 3.63) is 39.8 Å². The fourth-order valence-corrected chi connectivity index (χ4v) is 3.24. The Morgan fingerprint density at radius 1 is 1.39 bits per heavy atom. The van der Waals surface area contributed by atoms with Gasteiger partial charge < -0.3 is 5.73 Å². The van der Waals surface area contributed by atoms with E-state index in [-0.39, 0.29) is 5.41 Å². The molecule has 1 aromatic carbocycles. The molecule has 0 spiro atoms. The Hall–Kier alpha value is -0.710. The highest BCUT2D eigenvalue weighted by atomic mass is 79.9. The van der Waals surface area contributed by atoms with Crippen molar-refractivity contribution in [2.45, 2.75) is 25.7 Å². The molecule has 0 saturated carbocycles. The van der Waals surface area contributed by atoms with Crippen molar-refractivity contribution in [3.63, 3.8) is 0 Å². The lowest BCUT2D eigenvalue weighted by atomic mass is 9.86. The van der Waals surface area contributed by atoms with Crippen molar-refractivity contribution in [2.24, 2.45) is 5.73 Å². The zero-order valence-corrected chi connectivity index (χ0v) is 13.0. The Morgan fingerprint density at radius 3 is 2.83 bits per heavy atom. The fourth-order valence-electron chi connectivity index (χ4n) is 1.83. The normalized spacial score (nSPS) is 11.8. The maximum Gasteiger partial charge on any atom is 0.123 e. The van der Waals surface area contributed by atoms with E-state index in [1.165, 1.54) is 0 Å². The zero-order chi connectivity index (χ0) is 13.2. The van der Waals surface area contributed by atoms with Crippen LogP contribution in [-0.4, -0.2) is 11.5 Å². The molecule has 0 aliphatic rings. The number of thiazole rings is 1. The fraction of sp³-hybridized carbons (Fsp3) is 0.357. The summed E-state index contributed by atoms with van der Waals surface area (Å²) in [6.45, 7) is 5.08. The van der Waals surface area contributed by atoms with Crippen LogP contribution in [0.1, 0.15) is 26.0 Å². The van der Waals surface area contributed by atoms with Gasteiger partial charge in [-0.3, -0.25) is 0 Å². The smallest absolute Gasteiger partial charge is 0.123 e. The number of nitrogens with two attached hydrogens (primary N) is 1. The first-order chi connectivity index (χ1) is 8.53. The molecule has 0 aliphatic carbocycles. The molecule has 0 amide bonds. The molecule has 2 N–H and O–H groups in total. The number of benzene rings is 1. The summed E-state index contributed by atoms with van der Waals surface area (Å²) >= 11 is 5.18. The number of hydrogen-bond acceptors (Lipinski definition) is 3. The topological polar surface area (TPSA) is 38.9 Å². The van der Waals surface area contributed by atoms with Crippen LogP contribution in [0.2, 0.25) is 0 Å². The standard InChI is InChI=1S/C14H17BrN2S/c1-14(2,6-7-16)12-9-18-13(17-12)10-4-3-5-11(15)8-10/h3-5,8-9H,6-7,16H2,1-2H3. The minimum absolute atomic E-state index is 0.0511. The second-order valence-corrected chi connectivity index (χ2v) is 6.74. The number of aromatic nitrogens is 1. The first kappa shape index (κ1) is 13.7. The molecule has 2 rings (SSSR count). The van der Waals surface area contributed by atoms with E-state index in [4.69, 9.17) is 10.7 Å². The minimum Gasteiger partial charge on any atom is -0.330 e. The van der Waals surface area contributed by atoms with Crippen LogP contribution in [0.3, 0.4) is 0 Å². The van der Waals surface area contributed by atoms with Crippen molar-refractivity contribution < 1.29 is 0 Å². The Morgan fingerprint density at radius 2 is 2.17 bits per heavy atom. The van der Waals surface area contributed by atoms with Crippen LogP contribution in [0.4, 0.5) is 0 Å². The first-order valence-corrected chi connectivity index (χ1v) is 7.62. The monoisotopic (exact) mass is 324 g/mol. The van der Waals surface area contributed by atoms with Gasteiger partial charge in [-0.05, 0) is 25.1 Å². The molecule has 1 heterocycles. The van der Waals surface area contributed by atoms with Crippen LogP contribution in [0.5, 0.6) is 0 Å². The number of halogens is 1. The maximum atomic E-state index is 5.66. The van der Waals surface area contributed by atoms with Crippen LogP contribution in [0.25, 0.3) is 10.6 Å². The Labute approximate surface area is 120 Å². The average Bonchev–Trinajstić information content (AvgIpc) is 2.78. The van der Waals surface area contributed by atoms with E-state index < -0.39 is 0 Å². The summed E-state index contributed by atoms with van der Waals surface area (Å²) < 4.78 is 1.08. The van der Waals surface area contributed by atoms with E-state index in [0.717, 1.165) is 27.2 Å². The summed E-state index contributed by atoms with van der Waals surface area (Å²) in [5.74, 6) is 0. The maximum absolute atomic E-state index is 5.66. The van der Waals surface area contributed by atoms with E-state index >= 15 is 0 Å². The molecule has 18 heavy (non-hydrogen) atoms. The summed E-state index contributed by atoms with van der Waals surface area (Å²) in [6.07, 6.45) is 0.953. The van der Waals surface area contributed by atoms with E-state index in [0.29, 0.717) is 6.54 Å². The van der Waals surface area contributed by atoms with E-state index in [1.54, 1.807) is 11.3 Å². The van der Waals surface area contributed by atoms with Gasteiger partial charge in [-0.25, -0.2) is 4.98 Å². The molecule has 2 aromatic rings. The van der Waals surface area contributed by atoms with Crippen LogP contribution >= 0.6 is 27.3 Å². The average molecular weight is 325 g/mol. The van der Waals surface area contributed by atoms with Crippen molar-refractivity contribution in [3.8, 4) is 10.6 Å². The molecule has 0 unspecified atom stereocenters. The van der Waals surface area contributed by atoms with Crippen molar-refractivity contribution in [2.75, 3.05) is 6.54 Å². The summed E-state index contributed by atoms with van der Waals surface area (Å²) in [5.41, 5.74) is 8.00. The lowest BCUT2D eigenvalue weighted by molar-refractivity contribution is 0.476. The highest BCUT2D eigenvalue weighted by Crippen LogP contribution is 2.32. The molecule has 4 heteroatoms. The molecule has 2 nitrogen and oxygen atoms in total. The summed E-state index contributed by atoms with van der Waals surface area (Å²) in [6, 6.07) is 8.24. The SMILES string of the molecule is CC(C)(CCN)c1csc(-c2cccc(Br)c2)n1. The van der Waals surface area contributed by atoms with Gasteiger partial charge in [0, 0.05) is 20.8 Å². The summed E-state index contributed by atoms with van der Waals surface area (Å²) in [4.78, 5) is 4.75. The van der Waals surface area contributed by atoms with Gasteiger partial charge in [-0.1, -0.05) is 41.9 Å². The molecule has 0 aliphatic heterocycles. The van der Waals surface area contributed by atoms with Gasteiger partial charge in [-0.15, -0.1) is 11.3 Å². The summed E-state index contributed by atoms with van der Waals surface area (Å²) in [5, 5.41) is 3.21. The second-order valence-electron chi connectivity index (χ2n) is 4.97. The van der Waals surface area contributed by atoms with Crippen LogP contribution in [0, 0.1) is 0 Å². The number of rotatable bonds is 4. The van der Waals surface area contributed by atoms with E-state index in [2.05, 4.69) is 47.3 Å². The molecule has 96 valence electrons. The van der Waals surface area contributed by atoms with Gasteiger partial charge in [0.2, 0.25) is 0 Å². The lowest BCUT2D eigenvalue weighted by Crippen LogP contribution is -2.22. The van der Waals surface area contributed by atoms with Crippen LogP contribution in [-0.2, 0) is 5.41 Å².